The fraction of sp³-hybridized carbons (Fsp3) is 0.562. The molecule has 0 radical (unpaired) electrons. The van der Waals surface area contributed by atoms with Crippen LogP contribution >= 0.6 is 0 Å². The number of fused-ring (bicyclic) bond motifs is 1. The number of ketones is 1. The Morgan fingerprint density at radius 1 is 1.22 bits per heavy atom. The Morgan fingerprint density at radius 2 is 1.94 bits per heavy atom. The molecule has 1 aliphatic carbocycles. The molecule has 2 aliphatic rings. The third kappa shape index (κ3) is 2.22. The lowest BCUT2D eigenvalue weighted by molar-refractivity contribution is 0.0903. The van der Waals surface area contributed by atoms with Crippen molar-refractivity contribution >= 4 is 5.78 Å². The van der Waals surface area contributed by atoms with E-state index >= 15 is 0 Å². The summed E-state index contributed by atoms with van der Waals surface area (Å²) < 4.78 is 0. The molecular weight excluding hydrogens is 222 g/mol. The quantitative estimate of drug-likeness (QED) is 0.796. The van der Waals surface area contributed by atoms with Crippen molar-refractivity contribution in [1.82, 2.24) is 4.90 Å². The SMILES string of the molecule is CN1CCC(C[C@@H]2Cc3ccccc3C2=O)CC1. The van der Waals surface area contributed by atoms with Crippen LogP contribution in [0.1, 0.15) is 35.2 Å². The zero-order valence-electron chi connectivity index (χ0n) is 11.1. The average Bonchev–Trinajstić information content (AvgIpc) is 2.70. The van der Waals surface area contributed by atoms with Gasteiger partial charge in [-0.1, -0.05) is 24.3 Å². The number of likely N-dealkylation sites (tertiary alicyclic amines) is 1. The van der Waals surface area contributed by atoms with Crippen molar-refractivity contribution in [3.63, 3.8) is 0 Å². The van der Waals surface area contributed by atoms with Gasteiger partial charge in [0, 0.05) is 11.5 Å². The lowest BCUT2D eigenvalue weighted by Crippen LogP contribution is -2.31. The van der Waals surface area contributed by atoms with Crippen LogP contribution < -0.4 is 0 Å². The molecule has 0 bridgehead atoms. The van der Waals surface area contributed by atoms with Gasteiger partial charge in [0.05, 0.1) is 0 Å². The van der Waals surface area contributed by atoms with Crippen molar-refractivity contribution in [2.75, 3.05) is 20.1 Å². The summed E-state index contributed by atoms with van der Waals surface area (Å²) in [7, 11) is 2.19. The second-order valence-corrected chi connectivity index (χ2v) is 5.90. The Labute approximate surface area is 109 Å². The molecule has 1 heterocycles. The number of hydrogen-bond acceptors (Lipinski definition) is 2. The second kappa shape index (κ2) is 4.85. The van der Waals surface area contributed by atoms with Gasteiger partial charge >= 0.3 is 0 Å². The Hall–Kier alpha value is -1.15. The summed E-state index contributed by atoms with van der Waals surface area (Å²) in [5.41, 5.74) is 2.25. The maximum Gasteiger partial charge on any atom is 0.166 e. The molecule has 1 aromatic rings. The van der Waals surface area contributed by atoms with Crippen molar-refractivity contribution in [2.24, 2.45) is 11.8 Å². The minimum atomic E-state index is 0.260. The smallest absolute Gasteiger partial charge is 0.166 e. The summed E-state index contributed by atoms with van der Waals surface area (Å²) >= 11 is 0. The molecule has 1 saturated heterocycles. The monoisotopic (exact) mass is 243 g/mol. The molecule has 1 atom stereocenters. The molecule has 3 rings (SSSR count). The number of carbonyl (C=O) groups excluding carboxylic acids is 1. The third-order valence-corrected chi connectivity index (χ3v) is 4.58. The maximum absolute atomic E-state index is 12.3. The zero-order chi connectivity index (χ0) is 12.5. The van der Waals surface area contributed by atoms with Crippen molar-refractivity contribution in [1.29, 1.82) is 0 Å². The Morgan fingerprint density at radius 3 is 2.67 bits per heavy atom. The van der Waals surface area contributed by atoms with E-state index in [1.165, 1.54) is 31.5 Å². The highest BCUT2D eigenvalue weighted by Gasteiger charge is 2.32. The molecule has 96 valence electrons. The normalized spacial score (nSPS) is 25.4. The first kappa shape index (κ1) is 11.9. The second-order valence-electron chi connectivity index (χ2n) is 5.90. The van der Waals surface area contributed by atoms with Gasteiger partial charge in [-0.25, -0.2) is 0 Å². The van der Waals surface area contributed by atoms with Gasteiger partial charge in [-0.2, -0.15) is 0 Å². The number of nitrogens with zero attached hydrogens (tertiary/aromatic N) is 1. The maximum atomic E-state index is 12.3. The molecule has 1 aliphatic heterocycles. The highest BCUT2D eigenvalue weighted by atomic mass is 16.1. The van der Waals surface area contributed by atoms with Crippen molar-refractivity contribution in [3.8, 4) is 0 Å². The van der Waals surface area contributed by atoms with Crippen LogP contribution in [0.3, 0.4) is 0 Å². The molecule has 2 heteroatoms. The number of hydrogen-bond donors (Lipinski definition) is 0. The lowest BCUT2D eigenvalue weighted by Gasteiger charge is -2.30. The van der Waals surface area contributed by atoms with Crippen LogP contribution in [0, 0.1) is 11.8 Å². The van der Waals surface area contributed by atoms with E-state index in [4.69, 9.17) is 0 Å². The molecule has 0 unspecified atom stereocenters. The number of piperidine rings is 1. The molecule has 0 spiro atoms. The molecule has 0 saturated carbocycles. The highest BCUT2D eigenvalue weighted by Crippen LogP contribution is 2.33. The predicted molar refractivity (Wildman–Crippen MR) is 72.8 cm³/mol. The van der Waals surface area contributed by atoms with E-state index < -0.39 is 0 Å². The van der Waals surface area contributed by atoms with E-state index in [-0.39, 0.29) is 5.92 Å². The standard InChI is InChI=1S/C16H21NO/c1-17-8-6-12(7-9-17)10-14-11-13-4-2-3-5-15(13)16(14)18/h2-5,12,14H,6-11H2,1H3/t14-/m1/s1. The first-order chi connectivity index (χ1) is 8.74. The fourth-order valence-electron chi connectivity index (χ4n) is 3.41. The summed E-state index contributed by atoms with van der Waals surface area (Å²) in [5.74, 6) is 1.41. The van der Waals surface area contributed by atoms with E-state index in [2.05, 4.69) is 18.0 Å². The molecule has 18 heavy (non-hydrogen) atoms. The fourth-order valence-corrected chi connectivity index (χ4v) is 3.41. The van der Waals surface area contributed by atoms with Gasteiger partial charge < -0.3 is 4.90 Å². The van der Waals surface area contributed by atoms with Gasteiger partial charge in [0.25, 0.3) is 0 Å². The minimum Gasteiger partial charge on any atom is -0.306 e. The highest BCUT2D eigenvalue weighted by molar-refractivity contribution is 6.02. The van der Waals surface area contributed by atoms with Gasteiger partial charge in [-0.05, 0) is 57.3 Å². The van der Waals surface area contributed by atoms with Crippen molar-refractivity contribution in [3.05, 3.63) is 35.4 Å². The third-order valence-electron chi connectivity index (χ3n) is 4.58. The number of benzene rings is 1. The van der Waals surface area contributed by atoms with Gasteiger partial charge in [0.15, 0.2) is 5.78 Å². The number of carbonyl (C=O) groups is 1. The van der Waals surface area contributed by atoms with Crippen molar-refractivity contribution in [2.45, 2.75) is 25.7 Å². The van der Waals surface area contributed by atoms with Crippen LogP contribution in [0.4, 0.5) is 0 Å². The van der Waals surface area contributed by atoms with Crippen molar-refractivity contribution < 1.29 is 4.79 Å². The van der Waals surface area contributed by atoms with Crippen LogP contribution in [0.2, 0.25) is 0 Å². The topological polar surface area (TPSA) is 20.3 Å². The average molecular weight is 243 g/mol. The largest absolute Gasteiger partial charge is 0.306 e. The Balaban J connectivity index is 1.64. The van der Waals surface area contributed by atoms with Gasteiger partial charge in [0.1, 0.15) is 0 Å². The number of Topliss-reactive ketones (excluding diaryl/α,β-unsaturated/α-hetero) is 1. The summed E-state index contributed by atoms with van der Waals surface area (Å²) in [6.45, 7) is 2.39. The van der Waals surface area contributed by atoms with Gasteiger partial charge in [0.2, 0.25) is 0 Å². The summed E-state index contributed by atoms with van der Waals surface area (Å²) in [5, 5.41) is 0. The first-order valence-corrected chi connectivity index (χ1v) is 7.04. The van der Waals surface area contributed by atoms with E-state index in [1.54, 1.807) is 0 Å². The molecule has 0 amide bonds. The molecule has 2 nitrogen and oxygen atoms in total. The molecule has 0 aromatic heterocycles. The first-order valence-electron chi connectivity index (χ1n) is 7.04. The van der Waals surface area contributed by atoms with Crippen LogP contribution in [0.25, 0.3) is 0 Å². The van der Waals surface area contributed by atoms with E-state index in [0.29, 0.717) is 5.78 Å². The zero-order valence-corrected chi connectivity index (χ0v) is 11.1. The van der Waals surface area contributed by atoms with Crippen LogP contribution in [0.15, 0.2) is 24.3 Å². The van der Waals surface area contributed by atoms with E-state index in [1.807, 2.05) is 18.2 Å². The Bertz CT molecular complexity index is 446. The predicted octanol–water partition coefficient (Wildman–Crippen LogP) is 2.77. The van der Waals surface area contributed by atoms with Gasteiger partial charge in [-0.15, -0.1) is 0 Å². The number of rotatable bonds is 2. The van der Waals surface area contributed by atoms with Gasteiger partial charge in [-0.3, -0.25) is 4.79 Å². The molecule has 1 fully saturated rings. The summed E-state index contributed by atoms with van der Waals surface area (Å²) in [4.78, 5) is 14.7. The van der Waals surface area contributed by atoms with E-state index in [9.17, 15) is 4.79 Å². The lowest BCUT2D eigenvalue weighted by atomic mass is 9.85. The summed E-state index contributed by atoms with van der Waals surface area (Å²) in [6.07, 6.45) is 4.59. The molecular formula is C16H21NO. The summed E-state index contributed by atoms with van der Waals surface area (Å²) in [6, 6.07) is 8.13. The molecule has 1 aromatic carbocycles. The van der Waals surface area contributed by atoms with Crippen LogP contribution in [0.5, 0.6) is 0 Å². The Kier molecular flexibility index (Phi) is 3.21. The minimum absolute atomic E-state index is 0.260. The van der Waals surface area contributed by atoms with Crippen LogP contribution in [-0.2, 0) is 6.42 Å². The van der Waals surface area contributed by atoms with Crippen LogP contribution in [-0.4, -0.2) is 30.8 Å². The van der Waals surface area contributed by atoms with E-state index in [0.717, 1.165) is 24.3 Å². The molecule has 0 N–H and O–H groups in total.